The Morgan fingerprint density at radius 3 is 2.92 bits per heavy atom. The predicted octanol–water partition coefficient (Wildman–Crippen LogP) is 4.01. The summed E-state index contributed by atoms with van der Waals surface area (Å²) >= 11 is 1.50. The highest BCUT2D eigenvalue weighted by molar-refractivity contribution is 8.00. The number of fused-ring (bicyclic) bond motifs is 2. The Bertz CT molecular complexity index is 1350. The number of nitrogens with one attached hydrogen (secondary N) is 1. The molecule has 2 aromatic carbocycles. The number of hydrogen-bond donors (Lipinski definition) is 1. The lowest BCUT2D eigenvalue weighted by Gasteiger charge is -2.21. The van der Waals surface area contributed by atoms with Gasteiger partial charge in [0.1, 0.15) is 11.9 Å². The number of methoxy groups -OCH3 is 1. The maximum Gasteiger partial charge on any atom is 0.414 e. The maximum atomic E-state index is 12.6. The summed E-state index contributed by atoms with van der Waals surface area (Å²) < 4.78 is 17.0. The predicted molar refractivity (Wildman–Crippen MR) is 142 cm³/mol. The highest BCUT2D eigenvalue weighted by atomic mass is 32.2. The molecule has 2 atom stereocenters. The van der Waals surface area contributed by atoms with Crippen LogP contribution in [0.25, 0.3) is 10.9 Å². The molecule has 0 spiro atoms. The van der Waals surface area contributed by atoms with Crippen LogP contribution < -0.4 is 19.7 Å². The molecule has 0 radical (unpaired) electrons. The Morgan fingerprint density at radius 1 is 1.14 bits per heavy atom. The fourth-order valence-electron chi connectivity index (χ4n) is 5.06. The van der Waals surface area contributed by atoms with Crippen LogP contribution in [0.4, 0.5) is 16.2 Å². The molecule has 2 unspecified atom stereocenters. The Morgan fingerprint density at radius 2 is 2.03 bits per heavy atom. The summed E-state index contributed by atoms with van der Waals surface area (Å²) in [6.45, 7) is 3.59. The lowest BCUT2D eigenvalue weighted by molar-refractivity contribution is -0.113. The lowest BCUT2D eigenvalue weighted by Crippen LogP contribution is -2.34. The van der Waals surface area contributed by atoms with E-state index < -0.39 is 0 Å². The van der Waals surface area contributed by atoms with Gasteiger partial charge in [-0.25, -0.2) is 9.78 Å². The van der Waals surface area contributed by atoms with Crippen molar-refractivity contribution >= 4 is 46.0 Å². The summed E-state index contributed by atoms with van der Waals surface area (Å²) in [6, 6.07) is 15.4. The van der Waals surface area contributed by atoms with Crippen LogP contribution in [0.3, 0.4) is 0 Å². The first-order valence-corrected chi connectivity index (χ1v) is 13.4. The molecule has 0 bridgehead atoms. The zero-order valence-electron chi connectivity index (χ0n) is 20.5. The zero-order valence-corrected chi connectivity index (χ0v) is 21.3. The van der Waals surface area contributed by atoms with Crippen LogP contribution in [0.2, 0.25) is 0 Å². The molecule has 3 aliphatic rings. The number of ether oxygens (including phenoxy) is 3. The normalized spacial score (nSPS) is 21.6. The second-order valence-electron chi connectivity index (χ2n) is 9.57. The van der Waals surface area contributed by atoms with Crippen LogP contribution in [0.5, 0.6) is 11.6 Å². The molecule has 4 heterocycles. The topological polar surface area (TPSA) is 93.2 Å². The number of thioether (sulfide) groups is 1. The largest absolute Gasteiger partial charge is 0.497 e. The summed E-state index contributed by atoms with van der Waals surface area (Å²) in [5.41, 5.74) is 2.33. The highest BCUT2D eigenvalue weighted by Gasteiger charge is 2.35. The molecule has 3 aromatic rings. The Kier molecular flexibility index (Phi) is 6.52. The number of carbonyl (C=O) groups is 2. The number of hydrogen-bond acceptors (Lipinski definition) is 8. The summed E-state index contributed by atoms with van der Waals surface area (Å²) in [7, 11) is 1.64. The van der Waals surface area contributed by atoms with Crippen molar-refractivity contribution in [2.45, 2.75) is 17.4 Å². The van der Waals surface area contributed by atoms with E-state index >= 15 is 0 Å². The van der Waals surface area contributed by atoms with Crippen LogP contribution in [-0.2, 0) is 9.53 Å². The first kappa shape index (κ1) is 23.9. The van der Waals surface area contributed by atoms with Crippen LogP contribution >= 0.6 is 11.8 Å². The number of aromatic nitrogens is 1. The van der Waals surface area contributed by atoms with Crippen molar-refractivity contribution in [3.05, 3.63) is 48.5 Å². The second-order valence-corrected chi connectivity index (χ2v) is 10.6. The molecule has 2 saturated heterocycles. The van der Waals surface area contributed by atoms with Gasteiger partial charge < -0.3 is 19.5 Å². The van der Waals surface area contributed by atoms with E-state index in [4.69, 9.17) is 14.2 Å². The van der Waals surface area contributed by atoms with Gasteiger partial charge in [-0.15, -0.1) is 11.8 Å². The molecule has 3 aliphatic heterocycles. The average Bonchev–Trinajstić information content (AvgIpc) is 3.52. The molecule has 2 fully saturated rings. The first-order valence-electron chi connectivity index (χ1n) is 12.4. The second kappa shape index (κ2) is 10.1. The summed E-state index contributed by atoms with van der Waals surface area (Å²) in [5, 5.41) is 3.92. The standard InChI is InChI=1S/C27H28N4O5S/c1-34-20-5-2-18-3-7-26(29-22(18)11-20)35-15-17-8-9-30(12-17)13-21-14-31(27(33)36-21)19-4-6-24-23(10-19)28-25(32)16-37-24/h2-7,10-11,17,21H,8-9,12-16H2,1H3,(H,28,32). The SMILES string of the molecule is COc1ccc2ccc(OCC3CCN(CC4CN(c5ccc6c(c5)NC(=O)CS6)C(=O)O4)C3)nc2c1. The Hall–Kier alpha value is -3.50. The number of pyridine rings is 1. The van der Waals surface area contributed by atoms with E-state index in [2.05, 4.69) is 15.2 Å². The van der Waals surface area contributed by atoms with E-state index in [1.807, 2.05) is 48.5 Å². The van der Waals surface area contributed by atoms with E-state index in [-0.39, 0.29) is 18.1 Å². The lowest BCUT2D eigenvalue weighted by atomic mass is 10.1. The van der Waals surface area contributed by atoms with Gasteiger partial charge in [-0.1, -0.05) is 0 Å². The van der Waals surface area contributed by atoms with Crippen LogP contribution in [-0.4, -0.2) is 73.6 Å². The third-order valence-corrected chi connectivity index (χ3v) is 8.03. The number of nitrogens with zero attached hydrogens (tertiary/aromatic N) is 3. The average molecular weight is 521 g/mol. The van der Waals surface area contributed by atoms with Crippen LogP contribution in [0, 0.1) is 5.92 Å². The number of rotatable bonds is 7. The number of carbonyl (C=O) groups excluding carboxylic acids is 2. The van der Waals surface area contributed by atoms with Gasteiger partial charge in [0.2, 0.25) is 11.8 Å². The molecule has 9 nitrogen and oxygen atoms in total. The Labute approximate surface area is 219 Å². The van der Waals surface area contributed by atoms with Gasteiger partial charge in [0.25, 0.3) is 0 Å². The molecular formula is C27H28N4O5S. The molecule has 2 amide bonds. The molecule has 0 aliphatic carbocycles. The molecule has 6 rings (SSSR count). The molecular weight excluding hydrogens is 492 g/mol. The molecule has 37 heavy (non-hydrogen) atoms. The fourth-order valence-corrected chi connectivity index (χ4v) is 5.85. The van der Waals surface area contributed by atoms with Gasteiger partial charge in [-0.05, 0) is 49.4 Å². The Balaban J connectivity index is 1.01. The first-order chi connectivity index (χ1) is 18.0. The van der Waals surface area contributed by atoms with E-state index in [9.17, 15) is 9.59 Å². The molecule has 10 heteroatoms. The minimum absolute atomic E-state index is 0.0271. The summed E-state index contributed by atoms with van der Waals surface area (Å²) in [6.07, 6.45) is 0.468. The molecule has 1 aromatic heterocycles. The van der Waals surface area contributed by atoms with Gasteiger partial charge >= 0.3 is 6.09 Å². The van der Waals surface area contributed by atoms with Gasteiger partial charge in [-0.3, -0.25) is 14.6 Å². The number of benzene rings is 2. The van der Waals surface area contributed by atoms with Gasteiger partial charge in [0.15, 0.2) is 0 Å². The smallest absolute Gasteiger partial charge is 0.414 e. The van der Waals surface area contributed by atoms with Crippen LogP contribution in [0.1, 0.15) is 6.42 Å². The quantitative estimate of drug-likeness (QED) is 0.500. The number of likely N-dealkylation sites (tertiary alicyclic amines) is 1. The third kappa shape index (κ3) is 5.17. The van der Waals surface area contributed by atoms with E-state index in [0.29, 0.717) is 37.2 Å². The molecule has 1 N–H and O–H groups in total. The zero-order chi connectivity index (χ0) is 25.4. The summed E-state index contributed by atoms with van der Waals surface area (Å²) in [5.74, 6) is 2.15. The number of anilines is 2. The van der Waals surface area contributed by atoms with E-state index in [0.717, 1.165) is 52.4 Å². The van der Waals surface area contributed by atoms with Crippen molar-refractivity contribution in [3.63, 3.8) is 0 Å². The van der Waals surface area contributed by atoms with Crippen molar-refractivity contribution in [2.24, 2.45) is 5.92 Å². The maximum absolute atomic E-state index is 12.6. The van der Waals surface area contributed by atoms with Crippen molar-refractivity contribution < 1.29 is 23.8 Å². The van der Waals surface area contributed by atoms with Crippen LogP contribution in [0.15, 0.2) is 53.4 Å². The van der Waals surface area contributed by atoms with Gasteiger partial charge in [-0.2, -0.15) is 0 Å². The van der Waals surface area contributed by atoms with Gasteiger partial charge in [0.05, 0.1) is 37.2 Å². The number of cyclic esters (lactones) is 1. The van der Waals surface area contributed by atoms with Crippen molar-refractivity contribution in [3.8, 4) is 11.6 Å². The third-order valence-electron chi connectivity index (χ3n) is 6.95. The van der Waals surface area contributed by atoms with Gasteiger partial charge in [0, 0.05) is 47.1 Å². The van der Waals surface area contributed by atoms with E-state index in [1.54, 1.807) is 12.0 Å². The van der Waals surface area contributed by atoms with Crippen molar-refractivity contribution in [2.75, 3.05) is 55.9 Å². The molecule has 0 saturated carbocycles. The molecule has 192 valence electrons. The minimum atomic E-state index is -0.349. The summed E-state index contributed by atoms with van der Waals surface area (Å²) in [4.78, 5) is 34.0. The van der Waals surface area contributed by atoms with Crippen molar-refractivity contribution in [1.29, 1.82) is 0 Å². The monoisotopic (exact) mass is 520 g/mol. The van der Waals surface area contributed by atoms with E-state index in [1.165, 1.54) is 11.8 Å². The minimum Gasteiger partial charge on any atom is -0.497 e. The van der Waals surface area contributed by atoms with Crippen molar-refractivity contribution in [1.82, 2.24) is 9.88 Å². The highest BCUT2D eigenvalue weighted by Crippen LogP contribution is 2.35. The fraction of sp³-hybridized carbons (Fsp3) is 0.370. The number of amides is 2.